The molecule has 178 valence electrons. The first kappa shape index (κ1) is 24.6. The van der Waals surface area contributed by atoms with E-state index in [0.717, 1.165) is 24.0 Å². The number of nitrogens with one attached hydrogen (secondary N) is 1. The number of unbranched alkanes of at least 4 members (excludes halogenated alkanes) is 1. The van der Waals surface area contributed by atoms with E-state index in [9.17, 15) is 14.0 Å². The van der Waals surface area contributed by atoms with Crippen LogP contribution in [0.4, 0.5) is 4.39 Å². The Balaban J connectivity index is 1.72. The SMILES string of the molecule is CCCCNC(=O)[C@H](CC)N(Cc1ccc(F)cc1)C(=O)CCc1ccc2c(c1)OCCO2. The number of halogens is 1. The number of amides is 2. The molecule has 1 aliphatic heterocycles. The van der Waals surface area contributed by atoms with Gasteiger partial charge in [0, 0.05) is 19.5 Å². The van der Waals surface area contributed by atoms with Crippen LogP contribution in [-0.4, -0.2) is 42.5 Å². The lowest BCUT2D eigenvalue weighted by Gasteiger charge is -2.31. The van der Waals surface area contributed by atoms with E-state index in [0.29, 0.717) is 44.1 Å². The van der Waals surface area contributed by atoms with Crippen LogP contribution in [0.3, 0.4) is 0 Å². The summed E-state index contributed by atoms with van der Waals surface area (Å²) in [5, 5.41) is 2.95. The Morgan fingerprint density at radius 1 is 1.03 bits per heavy atom. The summed E-state index contributed by atoms with van der Waals surface area (Å²) in [6.07, 6.45) is 3.13. The summed E-state index contributed by atoms with van der Waals surface area (Å²) in [6, 6.07) is 11.2. The fraction of sp³-hybridized carbons (Fsp3) is 0.462. The zero-order chi connectivity index (χ0) is 23.6. The first-order valence-electron chi connectivity index (χ1n) is 11.7. The molecule has 0 radical (unpaired) electrons. The van der Waals surface area contributed by atoms with Gasteiger partial charge in [-0.2, -0.15) is 0 Å². The van der Waals surface area contributed by atoms with Crippen molar-refractivity contribution >= 4 is 11.8 Å². The maximum atomic E-state index is 13.4. The van der Waals surface area contributed by atoms with E-state index in [-0.39, 0.29) is 30.6 Å². The van der Waals surface area contributed by atoms with Gasteiger partial charge < -0.3 is 19.7 Å². The quantitative estimate of drug-likeness (QED) is 0.513. The zero-order valence-corrected chi connectivity index (χ0v) is 19.4. The summed E-state index contributed by atoms with van der Waals surface area (Å²) in [4.78, 5) is 27.8. The van der Waals surface area contributed by atoms with Crippen LogP contribution in [-0.2, 0) is 22.6 Å². The molecule has 0 aliphatic carbocycles. The molecule has 0 saturated heterocycles. The van der Waals surface area contributed by atoms with E-state index in [2.05, 4.69) is 12.2 Å². The first-order chi connectivity index (χ1) is 16.0. The first-order valence-corrected chi connectivity index (χ1v) is 11.7. The van der Waals surface area contributed by atoms with Crippen LogP contribution in [0.25, 0.3) is 0 Å². The number of rotatable bonds is 11. The maximum Gasteiger partial charge on any atom is 0.242 e. The van der Waals surface area contributed by atoms with Gasteiger partial charge in [-0.1, -0.05) is 38.5 Å². The molecule has 0 bridgehead atoms. The lowest BCUT2D eigenvalue weighted by atomic mass is 10.1. The second-order valence-electron chi connectivity index (χ2n) is 8.19. The summed E-state index contributed by atoms with van der Waals surface area (Å²) in [7, 11) is 0. The summed E-state index contributed by atoms with van der Waals surface area (Å²) in [6.45, 7) is 5.83. The molecule has 0 unspecified atom stereocenters. The maximum absolute atomic E-state index is 13.4. The van der Waals surface area contributed by atoms with Crippen molar-refractivity contribution in [1.29, 1.82) is 0 Å². The molecule has 0 fully saturated rings. The van der Waals surface area contributed by atoms with Crippen molar-refractivity contribution in [3.8, 4) is 11.5 Å². The van der Waals surface area contributed by atoms with Crippen LogP contribution >= 0.6 is 0 Å². The molecule has 0 saturated carbocycles. The normalized spacial score (nSPS) is 13.3. The Morgan fingerprint density at radius 2 is 1.73 bits per heavy atom. The van der Waals surface area contributed by atoms with E-state index in [1.54, 1.807) is 17.0 Å². The van der Waals surface area contributed by atoms with E-state index in [4.69, 9.17) is 9.47 Å². The van der Waals surface area contributed by atoms with Crippen molar-refractivity contribution in [1.82, 2.24) is 10.2 Å². The molecule has 1 atom stereocenters. The number of aryl methyl sites for hydroxylation is 1. The highest BCUT2D eigenvalue weighted by Gasteiger charge is 2.28. The number of carbonyl (C=O) groups excluding carboxylic acids is 2. The van der Waals surface area contributed by atoms with E-state index < -0.39 is 6.04 Å². The summed E-state index contributed by atoms with van der Waals surface area (Å²) >= 11 is 0. The van der Waals surface area contributed by atoms with Crippen molar-refractivity contribution in [3.05, 3.63) is 59.4 Å². The Labute approximate surface area is 195 Å². The smallest absolute Gasteiger partial charge is 0.242 e. The molecule has 6 nitrogen and oxygen atoms in total. The van der Waals surface area contributed by atoms with Gasteiger partial charge in [0.05, 0.1) is 0 Å². The lowest BCUT2D eigenvalue weighted by molar-refractivity contribution is -0.141. The molecular weight excluding hydrogens is 423 g/mol. The van der Waals surface area contributed by atoms with Crippen LogP contribution < -0.4 is 14.8 Å². The number of ether oxygens (including phenoxy) is 2. The highest BCUT2D eigenvalue weighted by molar-refractivity contribution is 5.87. The fourth-order valence-electron chi connectivity index (χ4n) is 3.85. The average Bonchev–Trinajstić information content (AvgIpc) is 2.83. The summed E-state index contributed by atoms with van der Waals surface area (Å²) in [5.74, 6) is 0.798. The van der Waals surface area contributed by atoms with Crippen LogP contribution in [0.5, 0.6) is 11.5 Å². The Kier molecular flexibility index (Phi) is 9.10. The summed E-state index contributed by atoms with van der Waals surface area (Å²) in [5.41, 5.74) is 1.75. The number of fused-ring (bicyclic) bond motifs is 1. The van der Waals surface area contributed by atoms with Crippen LogP contribution in [0, 0.1) is 5.82 Å². The van der Waals surface area contributed by atoms with Gasteiger partial charge in [0.2, 0.25) is 11.8 Å². The molecule has 7 heteroatoms. The number of hydrogen-bond donors (Lipinski definition) is 1. The van der Waals surface area contributed by atoms with Gasteiger partial charge in [0.25, 0.3) is 0 Å². The molecule has 33 heavy (non-hydrogen) atoms. The zero-order valence-electron chi connectivity index (χ0n) is 19.4. The van der Waals surface area contributed by atoms with Crippen molar-refractivity contribution in [2.24, 2.45) is 0 Å². The van der Waals surface area contributed by atoms with Gasteiger partial charge in [-0.05, 0) is 54.7 Å². The predicted octanol–water partition coefficient (Wildman–Crippen LogP) is 4.25. The fourth-order valence-corrected chi connectivity index (χ4v) is 3.85. The number of carbonyl (C=O) groups is 2. The van der Waals surface area contributed by atoms with Crippen molar-refractivity contribution in [2.75, 3.05) is 19.8 Å². The average molecular weight is 457 g/mol. The number of hydrogen-bond acceptors (Lipinski definition) is 4. The second kappa shape index (κ2) is 12.2. The molecular formula is C26H33FN2O4. The molecule has 1 heterocycles. The van der Waals surface area contributed by atoms with Crippen LogP contribution in [0.1, 0.15) is 50.7 Å². The van der Waals surface area contributed by atoms with Crippen molar-refractivity contribution in [2.45, 2.75) is 58.5 Å². The Morgan fingerprint density at radius 3 is 2.42 bits per heavy atom. The van der Waals surface area contributed by atoms with E-state index in [1.165, 1.54) is 12.1 Å². The topological polar surface area (TPSA) is 67.9 Å². The second-order valence-corrected chi connectivity index (χ2v) is 8.19. The monoisotopic (exact) mass is 456 g/mol. The third-order valence-corrected chi connectivity index (χ3v) is 5.72. The molecule has 1 aliphatic rings. The number of benzene rings is 2. The molecule has 1 N–H and O–H groups in total. The highest BCUT2D eigenvalue weighted by Crippen LogP contribution is 2.31. The van der Waals surface area contributed by atoms with Crippen molar-refractivity contribution in [3.63, 3.8) is 0 Å². The van der Waals surface area contributed by atoms with Gasteiger partial charge in [-0.15, -0.1) is 0 Å². The molecule has 0 spiro atoms. The molecule has 3 rings (SSSR count). The largest absolute Gasteiger partial charge is 0.486 e. The molecule has 2 amide bonds. The third kappa shape index (κ3) is 6.94. The standard InChI is InChI=1S/C26H33FN2O4/c1-3-5-14-28-26(31)22(4-2)29(18-20-6-10-21(27)11-7-20)25(30)13-9-19-8-12-23-24(17-19)33-16-15-32-23/h6-8,10-12,17,22H,3-5,9,13-16,18H2,1-2H3,(H,28,31)/t22-/m0/s1. The molecule has 2 aromatic rings. The Hall–Kier alpha value is -3.09. The minimum atomic E-state index is -0.584. The number of nitrogens with zero attached hydrogens (tertiary/aromatic N) is 1. The van der Waals surface area contributed by atoms with Crippen LogP contribution in [0.15, 0.2) is 42.5 Å². The van der Waals surface area contributed by atoms with Gasteiger partial charge >= 0.3 is 0 Å². The van der Waals surface area contributed by atoms with E-state index in [1.807, 2.05) is 25.1 Å². The minimum Gasteiger partial charge on any atom is -0.486 e. The third-order valence-electron chi connectivity index (χ3n) is 5.72. The van der Waals surface area contributed by atoms with Crippen molar-refractivity contribution < 1.29 is 23.5 Å². The van der Waals surface area contributed by atoms with E-state index >= 15 is 0 Å². The minimum absolute atomic E-state index is 0.119. The molecule has 2 aromatic carbocycles. The lowest BCUT2D eigenvalue weighted by Crippen LogP contribution is -2.49. The highest BCUT2D eigenvalue weighted by atomic mass is 19.1. The van der Waals surface area contributed by atoms with Gasteiger partial charge in [-0.25, -0.2) is 4.39 Å². The van der Waals surface area contributed by atoms with Crippen LogP contribution in [0.2, 0.25) is 0 Å². The van der Waals surface area contributed by atoms with Gasteiger partial charge in [0.15, 0.2) is 11.5 Å². The van der Waals surface area contributed by atoms with Gasteiger partial charge in [0.1, 0.15) is 25.1 Å². The summed E-state index contributed by atoms with van der Waals surface area (Å²) < 4.78 is 24.6. The molecule has 0 aromatic heterocycles. The Bertz CT molecular complexity index is 932. The predicted molar refractivity (Wildman–Crippen MR) is 125 cm³/mol. The van der Waals surface area contributed by atoms with Gasteiger partial charge in [-0.3, -0.25) is 9.59 Å².